The van der Waals surface area contributed by atoms with Gasteiger partial charge in [-0.1, -0.05) is 24.3 Å². The molecular formula is C31H30N6O4S. The minimum atomic E-state index is -4.23. The van der Waals surface area contributed by atoms with Crippen LogP contribution in [0.15, 0.2) is 90.0 Å². The first-order valence-corrected chi connectivity index (χ1v) is 14.7. The molecule has 3 aromatic carbocycles. The van der Waals surface area contributed by atoms with Crippen molar-refractivity contribution in [1.29, 1.82) is 5.41 Å². The summed E-state index contributed by atoms with van der Waals surface area (Å²) < 4.78 is 34.4. The molecule has 0 saturated heterocycles. The molecule has 2 heterocycles. The number of rotatable bonds is 10. The Labute approximate surface area is 243 Å². The highest BCUT2D eigenvalue weighted by Gasteiger charge is 2.30. The van der Waals surface area contributed by atoms with Crippen LogP contribution in [0.3, 0.4) is 0 Å². The van der Waals surface area contributed by atoms with E-state index in [9.17, 15) is 13.2 Å². The summed E-state index contributed by atoms with van der Waals surface area (Å²) in [4.78, 5) is 21.7. The number of anilines is 2. The lowest BCUT2D eigenvalue weighted by atomic mass is 10.1. The van der Waals surface area contributed by atoms with E-state index >= 15 is 0 Å². The average molecular weight is 583 g/mol. The summed E-state index contributed by atoms with van der Waals surface area (Å²) in [6.07, 6.45) is 1.53. The van der Waals surface area contributed by atoms with Crippen molar-refractivity contribution < 1.29 is 17.9 Å². The fourth-order valence-electron chi connectivity index (χ4n) is 4.71. The summed E-state index contributed by atoms with van der Waals surface area (Å²) in [7, 11) is -4.23. The van der Waals surface area contributed by atoms with E-state index in [2.05, 4.69) is 10.3 Å². The maximum absolute atomic E-state index is 14.1. The lowest BCUT2D eigenvalue weighted by Gasteiger charge is -2.24. The molecule has 0 amide bonds. The lowest BCUT2D eigenvalue weighted by molar-refractivity contribution is -0.141. The second-order valence-electron chi connectivity index (χ2n) is 9.62. The first kappa shape index (κ1) is 28.5. The highest BCUT2D eigenvalue weighted by molar-refractivity contribution is 7.93. The molecule has 0 aliphatic rings. The molecular weight excluding hydrogens is 552 g/mol. The summed E-state index contributed by atoms with van der Waals surface area (Å²) in [6.45, 7) is 3.65. The third-order valence-corrected chi connectivity index (χ3v) is 8.56. The zero-order valence-electron chi connectivity index (χ0n) is 23.2. The van der Waals surface area contributed by atoms with Gasteiger partial charge in [0, 0.05) is 28.2 Å². The Morgan fingerprint density at radius 2 is 1.81 bits per heavy atom. The number of hydrogen-bond acceptors (Lipinski definition) is 8. The minimum Gasteiger partial charge on any atom is -0.465 e. The summed E-state index contributed by atoms with van der Waals surface area (Å²) >= 11 is 0. The van der Waals surface area contributed by atoms with Gasteiger partial charge in [0.05, 0.1) is 35.6 Å². The molecule has 0 aliphatic heterocycles. The summed E-state index contributed by atoms with van der Waals surface area (Å²) in [5.74, 6) is -0.674. The van der Waals surface area contributed by atoms with Crippen molar-refractivity contribution in [2.75, 3.05) is 22.8 Å². The molecule has 5 rings (SSSR count). The quantitative estimate of drug-likeness (QED) is 0.121. The number of carbonyl (C=O) groups is 1. The molecule has 0 fully saturated rings. The van der Waals surface area contributed by atoms with Crippen LogP contribution in [0.25, 0.3) is 21.8 Å². The zero-order valence-corrected chi connectivity index (χ0v) is 24.0. The number of nitrogens with two attached hydrogens (primary N) is 1. The molecule has 0 bridgehead atoms. The summed E-state index contributed by atoms with van der Waals surface area (Å²) in [5, 5.41) is 12.4. The predicted octanol–water partition coefficient (Wildman–Crippen LogP) is 4.75. The Balaban J connectivity index is 1.53. The molecule has 2 aromatic heterocycles. The van der Waals surface area contributed by atoms with Gasteiger partial charge in [-0.05, 0) is 74.0 Å². The first-order chi connectivity index (χ1) is 20.2. The standard InChI is InChI=1S/C31H30N6O4S/c1-3-41-29(38)19-37(42(39,40)28-8-4-6-21-7-5-15-34-30(21)28)25-13-14-26-20(2)16-24(36-27(26)17-25)18-35-23-11-9-22(10-12-23)31(32)33/h4-17,35H,3,18-19H2,1-2H3,(H3,32,33). The van der Waals surface area contributed by atoms with E-state index < -0.39 is 22.5 Å². The number of amidine groups is 1. The van der Waals surface area contributed by atoms with E-state index in [1.165, 1.54) is 12.3 Å². The number of sulfonamides is 1. The Hall–Kier alpha value is -5.03. The largest absolute Gasteiger partial charge is 0.465 e. The van der Waals surface area contributed by atoms with Crippen LogP contribution in [0.4, 0.5) is 11.4 Å². The highest BCUT2D eigenvalue weighted by atomic mass is 32.2. The van der Waals surface area contributed by atoms with Crippen molar-refractivity contribution in [1.82, 2.24) is 9.97 Å². The molecule has 0 atom stereocenters. The van der Waals surface area contributed by atoms with Gasteiger partial charge in [-0.2, -0.15) is 0 Å². The molecule has 5 aromatic rings. The van der Waals surface area contributed by atoms with Gasteiger partial charge in [-0.3, -0.25) is 24.5 Å². The monoisotopic (exact) mass is 582 g/mol. The number of aromatic nitrogens is 2. The van der Waals surface area contributed by atoms with Crippen LogP contribution >= 0.6 is 0 Å². The number of hydrogen-bond donors (Lipinski definition) is 3. The van der Waals surface area contributed by atoms with Gasteiger partial charge in [0.2, 0.25) is 0 Å². The lowest BCUT2D eigenvalue weighted by Crippen LogP contribution is -2.36. The molecule has 0 unspecified atom stereocenters. The fraction of sp³-hybridized carbons (Fsp3) is 0.161. The maximum atomic E-state index is 14.1. The number of ether oxygens (including phenoxy) is 1. The predicted molar refractivity (Wildman–Crippen MR) is 164 cm³/mol. The van der Waals surface area contributed by atoms with Gasteiger partial charge in [0.15, 0.2) is 0 Å². The Morgan fingerprint density at radius 1 is 1.05 bits per heavy atom. The van der Waals surface area contributed by atoms with Crippen LogP contribution in [-0.4, -0.2) is 43.3 Å². The van der Waals surface area contributed by atoms with Crippen LogP contribution in [0, 0.1) is 12.3 Å². The molecule has 4 N–H and O–H groups in total. The highest BCUT2D eigenvalue weighted by Crippen LogP contribution is 2.31. The van der Waals surface area contributed by atoms with Crippen molar-refractivity contribution in [3.8, 4) is 0 Å². The van der Waals surface area contributed by atoms with E-state index in [0.29, 0.717) is 28.5 Å². The van der Waals surface area contributed by atoms with Crippen molar-refractivity contribution in [2.24, 2.45) is 5.73 Å². The number of nitrogen functional groups attached to an aromatic ring is 1. The van der Waals surface area contributed by atoms with Crippen LogP contribution in [0.5, 0.6) is 0 Å². The molecule has 10 nitrogen and oxygen atoms in total. The van der Waals surface area contributed by atoms with E-state index in [-0.39, 0.29) is 23.0 Å². The number of aryl methyl sites for hydroxylation is 1. The normalized spacial score (nSPS) is 11.4. The van der Waals surface area contributed by atoms with Crippen LogP contribution in [0.2, 0.25) is 0 Å². The van der Waals surface area contributed by atoms with Crippen molar-refractivity contribution in [3.63, 3.8) is 0 Å². The fourth-order valence-corrected chi connectivity index (χ4v) is 6.28. The van der Waals surface area contributed by atoms with Gasteiger partial charge in [0.25, 0.3) is 10.0 Å². The van der Waals surface area contributed by atoms with E-state index in [0.717, 1.165) is 26.6 Å². The Bertz CT molecular complexity index is 1900. The van der Waals surface area contributed by atoms with Crippen LogP contribution in [0.1, 0.15) is 23.7 Å². The number of carbonyl (C=O) groups excluding carboxylic acids is 1. The molecule has 0 radical (unpaired) electrons. The molecule has 0 spiro atoms. The Kier molecular flexibility index (Phi) is 8.03. The number of fused-ring (bicyclic) bond motifs is 2. The molecule has 11 heteroatoms. The second-order valence-corrected chi connectivity index (χ2v) is 11.5. The molecule has 214 valence electrons. The third kappa shape index (κ3) is 5.86. The number of nitrogens with zero attached hydrogens (tertiary/aromatic N) is 3. The Morgan fingerprint density at radius 3 is 2.55 bits per heavy atom. The van der Waals surface area contributed by atoms with Gasteiger partial charge in [-0.15, -0.1) is 0 Å². The minimum absolute atomic E-state index is 0.0000892. The van der Waals surface area contributed by atoms with Crippen LogP contribution in [-0.2, 0) is 26.1 Å². The van der Waals surface area contributed by atoms with Crippen molar-refractivity contribution in [2.45, 2.75) is 25.3 Å². The van der Waals surface area contributed by atoms with Gasteiger partial charge in [-0.25, -0.2) is 8.42 Å². The number of benzene rings is 3. The zero-order chi connectivity index (χ0) is 29.9. The first-order valence-electron chi connectivity index (χ1n) is 13.3. The number of esters is 1. The number of nitrogens with one attached hydrogen (secondary N) is 2. The van der Waals surface area contributed by atoms with Crippen molar-refractivity contribution in [3.05, 3.63) is 102 Å². The topological polar surface area (TPSA) is 151 Å². The van der Waals surface area contributed by atoms with Gasteiger partial charge < -0.3 is 15.8 Å². The van der Waals surface area contributed by atoms with E-state index in [1.807, 2.05) is 25.1 Å². The number of para-hydroxylation sites is 1. The smallest absolute Gasteiger partial charge is 0.326 e. The van der Waals surface area contributed by atoms with Crippen molar-refractivity contribution >= 4 is 55.0 Å². The molecule has 0 saturated carbocycles. The second kappa shape index (κ2) is 11.8. The van der Waals surface area contributed by atoms with E-state index in [1.54, 1.807) is 61.5 Å². The average Bonchev–Trinajstić information content (AvgIpc) is 2.98. The molecule has 42 heavy (non-hydrogen) atoms. The third-order valence-electron chi connectivity index (χ3n) is 6.75. The molecule has 0 aliphatic carbocycles. The van der Waals surface area contributed by atoms with Crippen LogP contribution < -0.4 is 15.4 Å². The van der Waals surface area contributed by atoms with E-state index in [4.69, 9.17) is 20.9 Å². The number of pyridine rings is 2. The summed E-state index contributed by atoms with van der Waals surface area (Å²) in [5.41, 5.74) is 9.89. The maximum Gasteiger partial charge on any atom is 0.326 e. The van der Waals surface area contributed by atoms with Gasteiger partial charge >= 0.3 is 5.97 Å². The SMILES string of the molecule is CCOC(=O)CN(c1ccc2c(C)cc(CNc3ccc(C(=N)N)cc3)nc2c1)S(=O)(=O)c1cccc2cccnc12. The summed E-state index contributed by atoms with van der Waals surface area (Å²) in [6, 6.07) is 22.8. The van der Waals surface area contributed by atoms with Gasteiger partial charge in [0.1, 0.15) is 17.3 Å².